The number of rotatable bonds is 6. The zero-order chi connectivity index (χ0) is 20.9. The Kier molecular flexibility index (Phi) is 7.36. The maximum absolute atomic E-state index is 12.4. The Morgan fingerprint density at radius 3 is 2.15 bits per heavy atom. The Hall–Kier alpha value is -2.16. The van der Waals surface area contributed by atoms with Crippen LogP contribution in [-0.4, -0.2) is 48.5 Å². The van der Waals surface area contributed by atoms with Crippen molar-refractivity contribution in [3.63, 3.8) is 0 Å². The monoisotopic (exact) mass is 400 g/mol. The van der Waals surface area contributed by atoms with Gasteiger partial charge in [-0.25, -0.2) is 23.0 Å². The number of carbonyl (C=O) groups excluding carboxylic acids is 2. The number of aromatic nitrogens is 1. The summed E-state index contributed by atoms with van der Waals surface area (Å²) in [6.07, 6.45) is 0.373. The van der Waals surface area contributed by atoms with Crippen molar-refractivity contribution < 1.29 is 27.5 Å². The zero-order valence-corrected chi connectivity index (χ0v) is 17.4. The number of pyridine rings is 1. The van der Waals surface area contributed by atoms with Crippen LogP contribution in [0.2, 0.25) is 0 Å². The summed E-state index contributed by atoms with van der Waals surface area (Å²) in [7, 11) is -3.71. The summed E-state index contributed by atoms with van der Waals surface area (Å²) in [5.41, 5.74) is -1.55. The molecular weight excluding hydrogens is 372 g/mol. The summed E-state index contributed by atoms with van der Waals surface area (Å²) in [5, 5.41) is 2.31. The Morgan fingerprint density at radius 1 is 1.07 bits per heavy atom. The number of ether oxygens (including phenoxy) is 2. The van der Waals surface area contributed by atoms with Crippen molar-refractivity contribution in [3.8, 4) is 0 Å². The molecule has 1 N–H and O–H groups in total. The smallest absolute Gasteiger partial charge is 0.408 e. The second kappa shape index (κ2) is 8.69. The number of carbonyl (C=O) groups is 2. The Labute approximate surface area is 160 Å². The number of hydrogen-bond donors (Lipinski definition) is 1. The van der Waals surface area contributed by atoms with Gasteiger partial charge in [0.1, 0.15) is 17.2 Å². The third-order valence-electron chi connectivity index (χ3n) is 3.01. The molecule has 0 aromatic carbocycles. The van der Waals surface area contributed by atoms with Crippen molar-refractivity contribution in [2.75, 3.05) is 5.75 Å². The summed E-state index contributed by atoms with van der Waals surface area (Å²) < 4.78 is 35.2. The molecule has 0 fully saturated rings. The third kappa shape index (κ3) is 8.85. The van der Waals surface area contributed by atoms with E-state index < -0.39 is 39.1 Å². The molecule has 0 bridgehead atoms. The molecule has 0 saturated heterocycles. The van der Waals surface area contributed by atoms with Gasteiger partial charge in [-0.2, -0.15) is 0 Å². The van der Waals surface area contributed by atoms with Gasteiger partial charge in [-0.05, 0) is 60.1 Å². The minimum absolute atomic E-state index is 0.0924. The van der Waals surface area contributed by atoms with Crippen molar-refractivity contribution >= 4 is 21.9 Å². The van der Waals surface area contributed by atoms with E-state index in [0.29, 0.717) is 0 Å². The van der Waals surface area contributed by atoms with Gasteiger partial charge in [0.25, 0.3) is 0 Å². The van der Waals surface area contributed by atoms with Gasteiger partial charge in [-0.15, -0.1) is 0 Å². The standard InChI is InChI=1S/C18H28N2O6S/c1-17(2,3)25-15(21)13(20-16(22)26-18(4,5)6)10-12-27(23,24)14-9-7-8-11-19-14/h7-9,11,13H,10,12H2,1-6H3,(H,20,22)/t13-/m0/s1. The lowest BCUT2D eigenvalue weighted by Crippen LogP contribution is -2.46. The molecule has 1 atom stereocenters. The fourth-order valence-electron chi connectivity index (χ4n) is 1.98. The molecule has 152 valence electrons. The van der Waals surface area contributed by atoms with Crippen LogP contribution in [0.3, 0.4) is 0 Å². The Morgan fingerprint density at radius 2 is 1.67 bits per heavy atom. The molecule has 1 amide bonds. The SMILES string of the molecule is CC(C)(C)OC(=O)N[C@@H](CCS(=O)(=O)c1ccccn1)C(=O)OC(C)(C)C. The lowest BCUT2D eigenvalue weighted by Gasteiger charge is -2.26. The normalized spacial score (nSPS) is 13.6. The molecule has 0 aliphatic heterocycles. The highest BCUT2D eigenvalue weighted by atomic mass is 32.2. The summed E-state index contributed by atoms with van der Waals surface area (Å²) >= 11 is 0. The molecule has 8 nitrogen and oxygen atoms in total. The average molecular weight is 400 g/mol. The van der Waals surface area contributed by atoms with E-state index in [1.165, 1.54) is 12.3 Å². The van der Waals surface area contributed by atoms with Gasteiger partial charge < -0.3 is 14.8 Å². The predicted molar refractivity (Wildman–Crippen MR) is 99.9 cm³/mol. The first-order valence-electron chi connectivity index (χ1n) is 8.56. The van der Waals surface area contributed by atoms with Crippen LogP contribution < -0.4 is 5.32 Å². The lowest BCUT2D eigenvalue weighted by atomic mass is 10.1. The van der Waals surface area contributed by atoms with E-state index in [4.69, 9.17) is 9.47 Å². The van der Waals surface area contributed by atoms with Crippen LogP contribution in [0.15, 0.2) is 29.4 Å². The molecule has 0 unspecified atom stereocenters. The quantitative estimate of drug-likeness (QED) is 0.730. The summed E-state index contributed by atoms with van der Waals surface area (Å²) in [6.45, 7) is 10.1. The zero-order valence-electron chi connectivity index (χ0n) is 16.6. The maximum Gasteiger partial charge on any atom is 0.408 e. The highest BCUT2D eigenvalue weighted by Crippen LogP contribution is 2.14. The van der Waals surface area contributed by atoms with Gasteiger partial charge in [0.15, 0.2) is 14.9 Å². The van der Waals surface area contributed by atoms with Crippen molar-refractivity contribution in [2.45, 2.75) is 70.2 Å². The fraction of sp³-hybridized carbons (Fsp3) is 0.611. The molecule has 0 aliphatic rings. The average Bonchev–Trinajstić information content (AvgIpc) is 2.48. The van der Waals surface area contributed by atoms with Gasteiger partial charge >= 0.3 is 12.1 Å². The van der Waals surface area contributed by atoms with Crippen LogP contribution in [0.4, 0.5) is 4.79 Å². The van der Waals surface area contributed by atoms with E-state index >= 15 is 0 Å². The number of nitrogens with zero attached hydrogens (tertiary/aromatic N) is 1. The molecule has 1 heterocycles. The predicted octanol–water partition coefficient (Wildman–Crippen LogP) is 2.48. The number of sulfone groups is 1. The summed E-state index contributed by atoms with van der Waals surface area (Å²) in [4.78, 5) is 28.3. The molecule has 0 aliphatic carbocycles. The highest BCUT2D eigenvalue weighted by molar-refractivity contribution is 7.91. The molecule has 1 aromatic heterocycles. The van der Waals surface area contributed by atoms with E-state index in [9.17, 15) is 18.0 Å². The molecule has 1 aromatic rings. The van der Waals surface area contributed by atoms with E-state index in [1.807, 2.05) is 0 Å². The molecule has 0 radical (unpaired) electrons. The van der Waals surface area contributed by atoms with E-state index in [0.717, 1.165) is 0 Å². The van der Waals surface area contributed by atoms with Crippen molar-refractivity contribution in [1.29, 1.82) is 0 Å². The molecule has 27 heavy (non-hydrogen) atoms. The van der Waals surface area contributed by atoms with Crippen LogP contribution in [0.5, 0.6) is 0 Å². The number of amides is 1. The molecule has 0 spiro atoms. The van der Waals surface area contributed by atoms with E-state index in [1.54, 1.807) is 53.7 Å². The van der Waals surface area contributed by atoms with Gasteiger partial charge in [0, 0.05) is 6.20 Å². The first-order chi connectivity index (χ1) is 12.2. The van der Waals surface area contributed by atoms with Gasteiger partial charge in [-0.1, -0.05) is 6.07 Å². The number of alkyl carbamates (subject to hydrolysis) is 1. The van der Waals surface area contributed by atoms with Gasteiger partial charge in [-0.3, -0.25) is 0 Å². The van der Waals surface area contributed by atoms with Crippen LogP contribution in [-0.2, 0) is 24.1 Å². The van der Waals surface area contributed by atoms with Crippen molar-refractivity contribution in [1.82, 2.24) is 10.3 Å². The van der Waals surface area contributed by atoms with E-state index in [2.05, 4.69) is 10.3 Å². The number of nitrogens with one attached hydrogen (secondary N) is 1. The molecule has 1 rings (SSSR count). The van der Waals surface area contributed by atoms with Crippen LogP contribution >= 0.6 is 0 Å². The maximum atomic E-state index is 12.4. The van der Waals surface area contributed by atoms with Crippen LogP contribution in [0, 0.1) is 0 Å². The second-order valence-electron chi connectivity index (χ2n) is 8.01. The third-order valence-corrected chi connectivity index (χ3v) is 4.67. The van der Waals surface area contributed by atoms with Crippen LogP contribution in [0.25, 0.3) is 0 Å². The molecular formula is C18H28N2O6S. The number of hydrogen-bond acceptors (Lipinski definition) is 7. The van der Waals surface area contributed by atoms with Crippen molar-refractivity contribution in [2.24, 2.45) is 0 Å². The second-order valence-corrected chi connectivity index (χ2v) is 10.1. The first-order valence-corrected chi connectivity index (χ1v) is 10.2. The van der Waals surface area contributed by atoms with Gasteiger partial charge in [0.2, 0.25) is 0 Å². The summed E-state index contributed by atoms with van der Waals surface area (Å²) in [5.74, 6) is -1.12. The Balaban J connectivity index is 2.90. The fourth-order valence-corrected chi connectivity index (χ4v) is 3.24. The summed E-state index contributed by atoms with van der Waals surface area (Å²) in [6, 6.07) is 3.37. The minimum atomic E-state index is -3.71. The van der Waals surface area contributed by atoms with Crippen molar-refractivity contribution in [3.05, 3.63) is 24.4 Å². The lowest BCUT2D eigenvalue weighted by molar-refractivity contribution is -0.157. The Bertz CT molecular complexity index is 748. The highest BCUT2D eigenvalue weighted by Gasteiger charge is 2.30. The van der Waals surface area contributed by atoms with Crippen LogP contribution in [0.1, 0.15) is 48.0 Å². The molecule has 0 saturated carbocycles. The molecule has 9 heteroatoms. The minimum Gasteiger partial charge on any atom is -0.458 e. The van der Waals surface area contributed by atoms with E-state index in [-0.39, 0.29) is 17.2 Å². The largest absolute Gasteiger partial charge is 0.458 e. The number of esters is 1. The topological polar surface area (TPSA) is 112 Å². The van der Waals surface area contributed by atoms with Gasteiger partial charge in [0.05, 0.1) is 5.75 Å². The first kappa shape index (κ1) is 22.9.